The van der Waals surface area contributed by atoms with E-state index < -0.39 is 40.8 Å². The van der Waals surface area contributed by atoms with E-state index in [0.29, 0.717) is 3.97 Å². The lowest BCUT2D eigenvalue weighted by molar-refractivity contribution is 0.0594. The molecule has 3 aromatic rings. The van der Waals surface area contributed by atoms with Crippen molar-refractivity contribution in [1.82, 2.24) is 3.97 Å². The van der Waals surface area contributed by atoms with Crippen molar-refractivity contribution < 1.29 is 31.4 Å². The molecule has 0 radical (unpaired) electrons. The number of benzene rings is 2. The summed E-state index contributed by atoms with van der Waals surface area (Å²) in [7, 11) is -6.15. The molecule has 0 aliphatic carbocycles. The molecule has 0 bridgehead atoms. The summed E-state index contributed by atoms with van der Waals surface area (Å²) < 4.78 is 64.8. The number of hydrogen-bond acceptors (Lipinski definition) is 6. The van der Waals surface area contributed by atoms with Gasteiger partial charge >= 0.3 is 14.0 Å². The number of carbonyl (C=O) groups excluding carboxylic acids is 1. The number of aromatic nitrogens is 1. The summed E-state index contributed by atoms with van der Waals surface area (Å²) in [6.07, 6.45) is 0. The molecule has 0 amide bonds. The van der Waals surface area contributed by atoms with Crippen LogP contribution in [0, 0.1) is 5.82 Å². The molecule has 0 aliphatic rings. The third kappa shape index (κ3) is 3.55. The molecule has 29 heavy (non-hydrogen) atoms. The Labute approximate surface area is 171 Å². The molecule has 0 saturated carbocycles. The third-order valence-corrected chi connectivity index (χ3v) is 7.36. The highest BCUT2D eigenvalue weighted by atomic mass is 35.5. The van der Waals surface area contributed by atoms with Gasteiger partial charge in [-0.05, 0) is 35.8 Å². The molecule has 1 aromatic heterocycles. The van der Waals surface area contributed by atoms with Crippen molar-refractivity contribution in [2.75, 3.05) is 13.7 Å². The molecule has 7 nitrogen and oxygen atoms in total. The van der Waals surface area contributed by atoms with Gasteiger partial charge in [-0.3, -0.25) is 0 Å². The SMILES string of the molecule is CCO[P+](=O)c1c(C(=O)OC)n(S(=O)(=O)c2ccccc2)c2ccc(Cl)c(F)c12. The van der Waals surface area contributed by atoms with Crippen molar-refractivity contribution in [2.24, 2.45) is 0 Å². The van der Waals surface area contributed by atoms with Crippen LogP contribution in [0.2, 0.25) is 5.02 Å². The summed E-state index contributed by atoms with van der Waals surface area (Å²) >= 11 is 5.86. The van der Waals surface area contributed by atoms with Crippen LogP contribution in [0.5, 0.6) is 0 Å². The zero-order chi connectivity index (χ0) is 21.3. The second kappa shape index (κ2) is 8.20. The number of halogens is 2. The first-order valence-corrected chi connectivity index (χ1v) is 11.3. The summed E-state index contributed by atoms with van der Waals surface area (Å²) in [5.74, 6) is -2.14. The maximum atomic E-state index is 14.9. The Balaban J connectivity index is 2.55. The van der Waals surface area contributed by atoms with E-state index in [-0.39, 0.29) is 27.4 Å². The van der Waals surface area contributed by atoms with E-state index >= 15 is 0 Å². The van der Waals surface area contributed by atoms with Crippen LogP contribution in [0.3, 0.4) is 0 Å². The second-order valence-corrected chi connectivity index (χ2v) is 9.12. The predicted octanol–water partition coefficient (Wildman–Crippen LogP) is 3.86. The van der Waals surface area contributed by atoms with E-state index in [4.69, 9.17) is 20.9 Å². The molecule has 11 heteroatoms. The molecule has 152 valence electrons. The standard InChI is InChI=1S/C18H15ClFNO6PS/c1-3-27-28(23)17-14-13(10-9-12(19)15(14)20)21(16(17)18(22)26-2)29(24,25)11-7-5-4-6-8-11/h4-10H,3H2,1-2H3/q+1. The van der Waals surface area contributed by atoms with E-state index in [9.17, 15) is 22.2 Å². The number of hydrogen-bond donors (Lipinski definition) is 0. The Morgan fingerprint density at radius 2 is 1.86 bits per heavy atom. The van der Waals surface area contributed by atoms with Crippen LogP contribution < -0.4 is 5.30 Å². The summed E-state index contributed by atoms with van der Waals surface area (Å²) in [5, 5.41) is -1.14. The van der Waals surface area contributed by atoms with Crippen molar-refractivity contribution in [3.8, 4) is 0 Å². The Hall–Kier alpha value is -2.32. The molecule has 0 spiro atoms. The van der Waals surface area contributed by atoms with Gasteiger partial charge in [-0.25, -0.2) is 21.6 Å². The smallest absolute Gasteiger partial charge is 0.464 e. The van der Waals surface area contributed by atoms with Crippen LogP contribution in [0.15, 0.2) is 47.4 Å². The van der Waals surface area contributed by atoms with Crippen LogP contribution >= 0.6 is 19.6 Å². The average molecular weight is 459 g/mol. The summed E-state index contributed by atoms with van der Waals surface area (Å²) in [5.41, 5.74) is -0.823. The highest BCUT2D eigenvalue weighted by Crippen LogP contribution is 2.36. The lowest BCUT2D eigenvalue weighted by Gasteiger charge is -2.10. The monoisotopic (exact) mass is 458 g/mol. The van der Waals surface area contributed by atoms with Crippen molar-refractivity contribution in [2.45, 2.75) is 11.8 Å². The number of esters is 1. The Bertz CT molecular complexity index is 1230. The topological polar surface area (TPSA) is 91.7 Å². The van der Waals surface area contributed by atoms with Gasteiger partial charge in [0, 0.05) is 0 Å². The molecule has 2 aromatic carbocycles. The number of fused-ring (bicyclic) bond motifs is 1. The molecule has 0 saturated heterocycles. The lowest BCUT2D eigenvalue weighted by atomic mass is 10.2. The average Bonchev–Trinajstić information content (AvgIpc) is 3.07. The van der Waals surface area contributed by atoms with Crippen LogP contribution in [0.25, 0.3) is 10.9 Å². The van der Waals surface area contributed by atoms with Crippen LogP contribution in [-0.4, -0.2) is 32.1 Å². The highest BCUT2D eigenvalue weighted by Gasteiger charge is 2.43. The van der Waals surface area contributed by atoms with Gasteiger partial charge < -0.3 is 4.74 Å². The summed E-state index contributed by atoms with van der Waals surface area (Å²) in [6, 6.07) is 9.62. The fourth-order valence-electron chi connectivity index (χ4n) is 2.85. The molecule has 0 fully saturated rings. The minimum Gasteiger partial charge on any atom is -0.464 e. The number of nitrogens with zero attached hydrogens (tertiary/aromatic N) is 1. The van der Waals surface area contributed by atoms with Gasteiger partial charge in [0.25, 0.3) is 15.3 Å². The van der Waals surface area contributed by atoms with Gasteiger partial charge in [0.2, 0.25) is 0 Å². The quantitative estimate of drug-likeness (QED) is 0.411. The molecule has 3 rings (SSSR count). The molecule has 1 heterocycles. The lowest BCUT2D eigenvalue weighted by Crippen LogP contribution is -2.23. The third-order valence-electron chi connectivity index (χ3n) is 4.04. The van der Waals surface area contributed by atoms with Crippen LogP contribution in [0.4, 0.5) is 4.39 Å². The first kappa shape index (κ1) is 21.4. The largest absolute Gasteiger partial charge is 0.552 e. The minimum absolute atomic E-state index is 0.0177. The number of carbonyl (C=O) groups is 1. The number of methoxy groups -OCH3 is 1. The van der Waals surface area contributed by atoms with Gasteiger partial charge in [-0.1, -0.05) is 29.8 Å². The molecule has 0 aliphatic heterocycles. The zero-order valence-corrected chi connectivity index (χ0v) is 17.7. The molecular weight excluding hydrogens is 444 g/mol. The van der Waals surface area contributed by atoms with E-state index in [1.54, 1.807) is 13.0 Å². The minimum atomic E-state index is -4.39. The number of rotatable bonds is 6. The maximum absolute atomic E-state index is 14.9. The van der Waals surface area contributed by atoms with Gasteiger partial charge in [0.15, 0.2) is 11.5 Å². The van der Waals surface area contributed by atoms with Crippen LogP contribution in [0.1, 0.15) is 17.4 Å². The van der Waals surface area contributed by atoms with Gasteiger partial charge in [0.1, 0.15) is 6.61 Å². The summed E-state index contributed by atoms with van der Waals surface area (Å²) in [6.45, 7) is 1.53. The van der Waals surface area contributed by atoms with E-state index in [2.05, 4.69) is 0 Å². The first-order chi connectivity index (χ1) is 13.8. The predicted molar refractivity (Wildman–Crippen MR) is 106 cm³/mol. The fourth-order valence-corrected chi connectivity index (χ4v) is 5.73. The Morgan fingerprint density at radius 3 is 2.45 bits per heavy atom. The molecule has 1 unspecified atom stereocenters. The van der Waals surface area contributed by atoms with E-state index in [0.717, 1.165) is 13.2 Å². The van der Waals surface area contributed by atoms with Crippen LogP contribution in [-0.2, 0) is 23.8 Å². The van der Waals surface area contributed by atoms with Gasteiger partial charge in [-0.2, -0.15) is 0 Å². The van der Waals surface area contributed by atoms with Crippen molar-refractivity contribution in [3.05, 3.63) is 59.0 Å². The molecule has 1 atom stereocenters. The fraction of sp³-hybridized carbons (Fsp3) is 0.167. The van der Waals surface area contributed by atoms with Gasteiger partial charge in [0.05, 0.1) is 27.9 Å². The zero-order valence-electron chi connectivity index (χ0n) is 15.3. The summed E-state index contributed by atoms with van der Waals surface area (Å²) in [4.78, 5) is 12.4. The molecule has 0 N–H and O–H groups in total. The van der Waals surface area contributed by atoms with Gasteiger partial charge in [-0.15, -0.1) is 4.52 Å². The Kier molecular flexibility index (Phi) is 6.05. The molecular formula is C18H15ClFNO6PS+. The van der Waals surface area contributed by atoms with E-state index in [1.807, 2.05) is 0 Å². The van der Waals surface area contributed by atoms with E-state index in [1.165, 1.54) is 30.3 Å². The second-order valence-electron chi connectivity index (χ2n) is 5.70. The van der Waals surface area contributed by atoms with Crippen molar-refractivity contribution in [1.29, 1.82) is 0 Å². The van der Waals surface area contributed by atoms with Crippen molar-refractivity contribution in [3.63, 3.8) is 0 Å². The Morgan fingerprint density at radius 1 is 1.21 bits per heavy atom. The van der Waals surface area contributed by atoms with Crippen molar-refractivity contribution >= 4 is 51.8 Å². The maximum Gasteiger partial charge on any atom is 0.552 e. The normalized spacial score (nSPS) is 12.2. The first-order valence-electron chi connectivity index (χ1n) is 8.27. The highest BCUT2D eigenvalue weighted by molar-refractivity contribution is 7.90. The number of ether oxygens (including phenoxy) is 1.